The predicted molar refractivity (Wildman–Crippen MR) is 250 cm³/mol. The number of ether oxygens (including phenoxy) is 4. The highest BCUT2D eigenvalue weighted by molar-refractivity contribution is 7.91. The Morgan fingerprint density at radius 3 is 1.60 bits per heavy atom. The maximum absolute atomic E-state index is 13.6. The maximum Gasteiger partial charge on any atom is 0.410 e. The smallest absolute Gasteiger partial charge is 0.410 e. The van der Waals surface area contributed by atoms with E-state index in [9.17, 15) is 36.4 Å². The van der Waals surface area contributed by atoms with E-state index in [1.165, 1.54) is 45.5 Å². The van der Waals surface area contributed by atoms with Gasteiger partial charge in [0.05, 0.1) is 42.2 Å². The Morgan fingerprint density at radius 2 is 1.19 bits per heavy atom. The van der Waals surface area contributed by atoms with Crippen molar-refractivity contribution in [3.05, 3.63) is 82.7 Å². The summed E-state index contributed by atoms with van der Waals surface area (Å²) in [5, 5.41) is 2.66. The summed E-state index contributed by atoms with van der Waals surface area (Å²) in [5.74, 6) is -2.34. The molecule has 4 heterocycles. The zero-order valence-corrected chi connectivity index (χ0v) is 39.7. The molecule has 2 aromatic heterocycles. The molecule has 4 aromatic rings. The van der Waals surface area contributed by atoms with Crippen LogP contribution < -0.4 is 32.0 Å². The van der Waals surface area contributed by atoms with Gasteiger partial charge in [-0.05, 0) is 90.8 Å². The molecule has 2 atom stereocenters. The van der Waals surface area contributed by atoms with Crippen LogP contribution in [0.3, 0.4) is 0 Å². The first-order valence-electron chi connectivity index (χ1n) is 21.0. The van der Waals surface area contributed by atoms with Gasteiger partial charge in [0, 0.05) is 50.7 Å². The van der Waals surface area contributed by atoms with Crippen molar-refractivity contribution in [3.63, 3.8) is 0 Å². The SMILES string of the molecule is C.CC(C)(C)OC(=O)N1CC[C@H](N)C1.CCS(=O)(=O)c1ncc(C(=O)c2cc(F)ccc2OC)c(N)n1.COc1ccc(F)cc1C(=O)c1cnc(N[C@H]2CCN(C(=O)OC(C)(C)C)C2)nc1N. The lowest BCUT2D eigenvalue weighted by molar-refractivity contribution is 0.0282. The molecule has 7 N–H and O–H groups in total. The van der Waals surface area contributed by atoms with Crippen LogP contribution in [-0.4, -0.2) is 131 Å². The maximum atomic E-state index is 13.6. The minimum Gasteiger partial charge on any atom is -0.496 e. The van der Waals surface area contributed by atoms with Crippen LogP contribution in [0.4, 0.5) is 36.0 Å². The van der Waals surface area contributed by atoms with Gasteiger partial charge in [-0.25, -0.2) is 41.7 Å². The summed E-state index contributed by atoms with van der Waals surface area (Å²) in [4.78, 5) is 67.9. The molecule has 23 heteroatoms. The molecule has 372 valence electrons. The first-order valence-corrected chi connectivity index (χ1v) is 22.6. The molecular formula is C45H62F2N10O10S. The van der Waals surface area contributed by atoms with E-state index >= 15 is 0 Å². The van der Waals surface area contributed by atoms with Gasteiger partial charge < -0.3 is 51.3 Å². The molecule has 2 amide bonds. The molecular weight excluding hydrogens is 911 g/mol. The zero-order chi connectivity index (χ0) is 50.0. The molecule has 2 aliphatic rings. The molecule has 20 nitrogen and oxygen atoms in total. The number of anilines is 3. The van der Waals surface area contributed by atoms with Crippen LogP contribution in [0.15, 0.2) is 53.9 Å². The van der Waals surface area contributed by atoms with E-state index in [1.807, 2.05) is 41.5 Å². The molecule has 0 radical (unpaired) electrons. The van der Waals surface area contributed by atoms with Gasteiger partial charge in [0.15, 0.2) is 0 Å². The Kier molecular flexibility index (Phi) is 19.1. The van der Waals surface area contributed by atoms with Crippen LogP contribution >= 0.6 is 0 Å². The first-order chi connectivity index (χ1) is 31.2. The van der Waals surface area contributed by atoms with Gasteiger partial charge in [-0.3, -0.25) is 9.59 Å². The fourth-order valence-electron chi connectivity index (χ4n) is 6.31. The lowest BCUT2D eigenvalue weighted by atomic mass is 10.0. The molecule has 2 aliphatic heterocycles. The number of ketones is 2. The molecule has 0 bridgehead atoms. The first kappa shape index (κ1) is 55.6. The zero-order valence-electron chi connectivity index (χ0n) is 38.9. The molecule has 6 rings (SSSR count). The van der Waals surface area contributed by atoms with E-state index in [4.69, 9.17) is 36.1 Å². The van der Waals surface area contributed by atoms with Crippen LogP contribution in [0.2, 0.25) is 0 Å². The number of carbonyl (C=O) groups is 4. The number of nitrogens with two attached hydrogens (primary N) is 3. The van der Waals surface area contributed by atoms with Crippen molar-refractivity contribution in [2.24, 2.45) is 5.73 Å². The number of sulfone groups is 1. The molecule has 2 saturated heterocycles. The predicted octanol–water partition coefficient (Wildman–Crippen LogP) is 5.68. The number of benzene rings is 2. The highest BCUT2D eigenvalue weighted by atomic mass is 32.2. The Balaban J connectivity index is 0.000000291. The summed E-state index contributed by atoms with van der Waals surface area (Å²) in [6.07, 6.45) is 3.24. The monoisotopic (exact) mass is 972 g/mol. The lowest BCUT2D eigenvalue weighted by Crippen LogP contribution is -2.36. The van der Waals surface area contributed by atoms with E-state index in [-0.39, 0.29) is 88.8 Å². The van der Waals surface area contributed by atoms with Crippen molar-refractivity contribution in [3.8, 4) is 11.5 Å². The number of amides is 2. The number of nitrogens with zero attached hydrogens (tertiary/aromatic N) is 6. The molecule has 0 aliphatic carbocycles. The van der Waals surface area contributed by atoms with Crippen molar-refractivity contribution < 1.29 is 55.3 Å². The van der Waals surface area contributed by atoms with Gasteiger partial charge >= 0.3 is 12.2 Å². The normalized spacial score (nSPS) is 15.6. The molecule has 2 aromatic carbocycles. The quantitative estimate of drug-likeness (QED) is 0.110. The lowest BCUT2D eigenvalue weighted by Gasteiger charge is -2.24. The standard InChI is InChI=1S/C21H26FN5O4.C14H14FN3O4S.C9H18N2O2.CH4/c1-21(2,3)31-20(29)27-8-7-13(11-27)25-19-24-10-15(18(23)26-19)17(28)14-9-12(22)5-6-16(14)30-4;1-3-23(20,21)14-17-7-10(13(16)18-14)12(19)9-6-8(15)4-5-11(9)22-2;1-9(2,3)13-8(12)11-5-4-7(10)6-11;/h5-6,9-10,13H,7-8,11H2,1-4H3,(H3,23,24,25,26);4-7H,3H2,1-2H3,(H2,16,17,18);7H,4-6,10H2,1-3H3;1H4/t13-;;7-;/m0.0./s1. The van der Waals surface area contributed by atoms with Crippen molar-refractivity contribution in [1.29, 1.82) is 0 Å². The van der Waals surface area contributed by atoms with Gasteiger partial charge in [-0.15, -0.1) is 0 Å². The molecule has 2 fully saturated rings. The Morgan fingerprint density at radius 1 is 0.735 bits per heavy atom. The van der Waals surface area contributed by atoms with E-state index in [1.54, 1.807) is 9.80 Å². The number of hydrogen-bond donors (Lipinski definition) is 4. The van der Waals surface area contributed by atoms with Gasteiger partial charge in [0.1, 0.15) is 46.0 Å². The topological polar surface area (TPSA) is 287 Å². The van der Waals surface area contributed by atoms with Crippen LogP contribution in [0.25, 0.3) is 0 Å². The van der Waals surface area contributed by atoms with Crippen molar-refractivity contribution in [2.45, 2.75) is 97.2 Å². The van der Waals surface area contributed by atoms with E-state index in [2.05, 4.69) is 25.3 Å². The molecule has 0 unspecified atom stereocenters. The minimum absolute atomic E-state index is 0. The van der Waals surface area contributed by atoms with Crippen LogP contribution in [-0.2, 0) is 19.3 Å². The number of carbonyl (C=O) groups excluding carboxylic acids is 4. The van der Waals surface area contributed by atoms with Gasteiger partial charge in [0.2, 0.25) is 32.5 Å². The second kappa shape index (κ2) is 23.3. The second-order valence-corrected chi connectivity index (χ2v) is 19.4. The average Bonchev–Trinajstić information content (AvgIpc) is 3.92. The van der Waals surface area contributed by atoms with Crippen LogP contribution in [0, 0.1) is 11.6 Å². The van der Waals surface area contributed by atoms with E-state index < -0.39 is 49.4 Å². The average molecular weight is 973 g/mol. The number of halogens is 2. The summed E-state index contributed by atoms with van der Waals surface area (Å²) < 4.78 is 71.1. The highest BCUT2D eigenvalue weighted by Gasteiger charge is 2.31. The number of nitrogens with one attached hydrogen (secondary N) is 1. The summed E-state index contributed by atoms with van der Waals surface area (Å²) in [5.41, 5.74) is 16.2. The Bertz CT molecular complexity index is 2560. The third-order valence-electron chi connectivity index (χ3n) is 9.62. The number of nitrogen functional groups attached to an aromatic ring is 2. The fourth-order valence-corrected chi connectivity index (χ4v) is 7.02. The number of hydrogen-bond acceptors (Lipinski definition) is 18. The largest absolute Gasteiger partial charge is 0.496 e. The van der Waals surface area contributed by atoms with Gasteiger partial charge in [0.25, 0.3) is 0 Å². The second-order valence-electron chi connectivity index (χ2n) is 17.2. The Hall–Kier alpha value is -6.75. The van der Waals surface area contributed by atoms with Gasteiger partial charge in [-0.1, -0.05) is 14.4 Å². The number of aromatic nitrogens is 4. The van der Waals surface area contributed by atoms with Crippen LogP contribution in [0.5, 0.6) is 11.5 Å². The fraction of sp³-hybridized carbons (Fsp3) is 0.467. The summed E-state index contributed by atoms with van der Waals surface area (Å²) >= 11 is 0. The third kappa shape index (κ3) is 15.4. The summed E-state index contributed by atoms with van der Waals surface area (Å²) in [6, 6.07) is 7.12. The summed E-state index contributed by atoms with van der Waals surface area (Å²) in [6.45, 7) is 14.8. The molecule has 68 heavy (non-hydrogen) atoms. The van der Waals surface area contributed by atoms with Crippen molar-refractivity contribution in [2.75, 3.05) is 62.9 Å². The van der Waals surface area contributed by atoms with E-state index in [0.717, 1.165) is 37.4 Å². The van der Waals surface area contributed by atoms with Crippen LogP contribution in [0.1, 0.15) is 101 Å². The Labute approximate surface area is 395 Å². The molecule has 0 spiro atoms. The third-order valence-corrected chi connectivity index (χ3v) is 11.1. The summed E-state index contributed by atoms with van der Waals surface area (Å²) in [7, 11) is -0.923. The number of likely N-dealkylation sites (tertiary alicyclic amines) is 2. The number of methoxy groups -OCH3 is 2. The number of rotatable bonds is 10. The van der Waals surface area contributed by atoms with Crippen molar-refractivity contribution in [1.82, 2.24) is 29.7 Å². The highest BCUT2D eigenvalue weighted by Crippen LogP contribution is 2.27. The molecule has 0 saturated carbocycles. The van der Waals surface area contributed by atoms with Crippen molar-refractivity contribution >= 4 is 51.2 Å². The minimum atomic E-state index is -3.65. The van der Waals surface area contributed by atoms with E-state index in [0.29, 0.717) is 26.1 Å². The van der Waals surface area contributed by atoms with Gasteiger partial charge in [-0.2, -0.15) is 4.98 Å².